The van der Waals surface area contributed by atoms with E-state index in [0.29, 0.717) is 13.2 Å². The standard InChI is InChI=1S/C10H14O4/c1-3-13-10(14-4-2)7-8(11)5-6-9(10)12/h5-6H,3-4,7H2,1-2H3/p+1. The van der Waals surface area contributed by atoms with E-state index >= 15 is 0 Å². The molecule has 0 spiro atoms. The van der Waals surface area contributed by atoms with E-state index in [0.717, 1.165) is 0 Å². The lowest BCUT2D eigenvalue weighted by molar-refractivity contribution is -0.224. The highest BCUT2D eigenvalue weighted by molar-refractivity contribution is 6.08. The number of carbonyl (C=O) groups excluding carboxylic acids is 2. The molecule has 0 N–H and O–H groups in total. The molecule has 4 nitrogen and oxygen atoms in total. The summed E-state index contributed by atoms with van der Waals surface area (Å²) in [7, 11) is 0. The van der Waals surface area contributed by atoms with Gasteiger partial charge in [-0.05, 0) is 26.0 Å². The molecule has 0 heterocycles. The summed E-state index contributed by atoms with van der Waals surface area (Å²) in [5.41, 5.74) is 0. The Labute approximate surface area is 84.4 Å². The van der Waals surface area contributed by atoms with Gasteiger partial charge in [0.15, 0.2) is 5.78 Å². The summed E-state index contributed by atoms with van der Waals surface area (Å²) in [5, 5.41) is 0. The number of ether oxygens (including phenoxy) is 2. The fourth-order valence-corrected chi connectivity index (χ4v) is 1.42. The summed E-state index contributed by atoms with van der Waals surface area (Å²) < 4.78 is 10.5. The molecule has 1 rings (SSSR count). The van der Waals surface area contributed by atoms with Crippen molar-refractivity contribution in [3.05, 3.63) is 12.2 Å². The number of allylic oxidation sites excluding steroid dienone is 1. The molecule has 4 heteroatoms. The predicted octanol–water partition coefficient (Wildman–Crippen LogP) is 0.966. The maximum Gasteiger partial charge on any atom is 1.00 e. The van der Waals surface area contributed by atoms with Crippen molar-refractivity contribution in [1.82, 2.24) is 0 Å². The third-order valence-corrected chi connectivity index (χ3v) is 1.96. The van der Waals surface area contributed by atoms with Gasteiger partial charge in [0.05, 0.1) is 6.42 Å². The molecule has 78 valence electrons. The van der Waals surface area contributed by atoms with Gasteiger partial charge in [0.2, 0.25) is 11.6 Å². The van der Waals surface area contributed by atoms with Gasteiger partial charge >= 0.3 is 1.43 Å². The van der Waals surface area contributed by atoms with E-state index in [1.807, 2.05) is 0 Å². The van der Waals surface area contributed by atoms with Crippen molar-refractivity contribution in [1.29, 1.82) is 0 Å². The highest BCUT2D eigenvalue weighted by Crippen LogP contribution is 2.24. The SMILES string of the molecule is CCOC1(OCC)CC(=O)C=CC1=O.[H+]. The number of rotatable bonds is 4. The second-order valence-corrected chi connectivity index (χ2v) is 2.96. The zero-order valence-corrected chi connectivity index (χ0v) is 8.41. The zero-order chi connectivity index (χ0) is 10.6. The van der Waals surface area contributed by atoms with Gasteiger partial charge in [-0.3, -0.25) is 9.59 Å². The van der Waals surface area contributed by atoms with Gasteiger partial charge in [-0.25, -0.2) is 0 Å². The van der Waals surface area contributed by atoms with Crippen LogP contribution in [-0.2, 0) is 19.1 Å². The van der Waals surface area contributed by atoms with Crippen LogP contribution in [0.4, 0.5) is 0 Å². The van der Waals surface area contributed by atoms with Gasteiger partial charge in [0.1, 0.15) is 0 Å². The van der Waals surface area contributed by atoms with Crippen LogP contribution in [0.25, 0.3) is 0 Å². The molecule has 0 radical (unpaired) electrons. The lowest BCUT2D eigenvalue weighted by Gasteiger charge is -2.31. The molecule has 1 aliphatic carbocycles. The molecule has 0 aliphatic heterocycles. The molecule has 0 aromatic rings. The minimum absolute atomic E-state index is 0. The molecule has 1 aliphatic rings. The number of ketones is 2. The van der Waals surface area contributed by atoms with E-state index in [-0.39, 0.29) is 19.4 Å². The van der Waals surface area contributed by atoms with E-state index in [2.05, 4.69) is 0 Å². The van der Waals surface area contributed by atoms with E-state index < -0.39 is 5.79 Å². The maximum absolute atomic E-state index is 11.6. The lowest BCUT2D eigenvalue weighted by Crippen LogP contribution is -2.47. The molecule has 0 saturated carbocycles. The molecule has 0 amide bonds. The molecular formula is C10H15O4+. The van der Waals surface area contributed by atoms with Crippen LogP contribution in [0.2, 0.25) is 0 Å². The van der Waals surface area contributed by atoms with Crippen molar-refractivity contribution in [2.24, 2.45) is 0 Å². The summed E-state index contributed by atoms with van der Waals surface area (Å²) in [5.74, 6) is -1.80. The fourth-order valence-electron chi connectivity index (χ4n) is 1.42. The molecular weight excluding hydrogens is 184 g/mol. The summed E-state index contributed by atoms with van der Waals surface area (Å²) >= 11 is 0. The molecule has 0 saturated heterocycles. The Bertz CT molecular complexity index is 267. The van der Waals surface area contributed by atoms with Crippen LogP contribution in [0.15, 0.2) is 12.2 Å². The monoisotopic (exact) mass is 199 g/mol. The Morgan fingerprint density at radius 3 is 2.36 bits per heavy atom. The maximum atomic E-state index is 11.6. The van der Waals surface area contributed by atoms with Crippen LogP contribution in [0, 0.1) is 0 Å². The second kappa shape index (κ2) is 4.48. The Balaban J connectivity index is 0.00000196. The van der Waals surface area contributed by atoms with Gasteiger partial charge in [0, 0.05) is 13.2 Å². The van der Waals surface area contributed by atoms with Crippen LogP contribution in [0.3, 0.4) is 0 Å². The zero-order valence-electron chi connectivity index (χ0n) is 9.41. The van der Waals surface area contributed by atoms with Gasteiger partial charge in [-0.1, -0.05) is 0 Å². The molecule has 0 fully saturated rings. The Morgan fingerprint density at radius 1 is 1.29 bits per heavy atom. The summed E-state index contributed by atoms with van der Waals surface area (Å²) in [4.78, 5) is 22.7. The van der Waals surface area contributed by atoms with E-state index in [4.69, 9.17) is 9.47 Å². The van der Waals surface area contributed by atoms with Crippen molar-refractivity contribution in [2.45, 2.75) is 26.1 Å². The van der Waals surface area contributed by atoms with Crippen LogP contribution >= 0.6 is 0 Å². The van der Waals surface area contributed by atoms with E-state index in [1.54, 1.807) is 13.8 Å². The van der Waals surface area contributed by atoms with E-state index in [1.165, 1.54) is 12.2 Å². The fraction of sp³-hybridized carbons (Fsp3) is 0.600. The van der Waals surface area contributed by atoms with Crippen molar-refractivity contribution in [2.75, 3.05) is 13.2 Å². The van der Waals surface area contributed by atoms with E-state index in [9.17, 15) is 9.59 Å². The molecule has 14 heavy (non-hydrogen) atoms. The minimum Gasteiger partial charge on any atom is -0.343 e. The van der Waals surface area contributed by atoms with Gasteiger partial charge in [-0.15, -0.1) is 0 Å². The second-order valence-electron chi connectivity index (χ2n) is 2.96. The smallest absolute Gasteiger partial charge is 0.343 e. The lowest BCUT2D eigenvalue weighted by atomic mass is 9.98. The summed E-state index contributed by atoms with van der Waals surface area (Å²) in [6.07, 6.45) is 2.46. The molecule has 0 atom stereocenters. The third-order valence-electron chi connectivity index (χ3n) is 1.96. The first-order valence-electron chi connectivity index (χ1n) is 4.68. The van der Waals surface area contributed by atoms with Crippen LogP contribution in [0.5, 0.6) is 0 Å². The highest BCUT2D eigenvalue weighted by Gasteiger charge is 2.42. The normalized spacial score (nSPS) is 20.1. The predicted molar refractivity (Wildman–Crippen MR) is 50.9 cm³/mol. The first-order valence-corrected chi connectivity index (χ1v) is 4.68. The number of carbonyl (C=O) groups is 2. The van der Waals surface area contributed by atoms with Crippen LogP contribution in [-0.4, -0.2) is 30.6 Å². The number of hydrogen-bond acceptors (Lipinski definition) is 4. The Kier molecular flexibility index (Phi) is 3.55. The Morgan fingerprint density at radius 2 is 1.86 bits per heavy atom. The first kappa shape index (κ1) is 11.1. The minimum atomic E-state index is -1.37. The van der Waals surface area contributed by atoms with Crippen LogP contribution in [0.1, 0.15) is 21.7 Å². The van der Waals surface area contributed by atoms with Crippen molar-refractivity contribution >= 4 is 11.6 Å². The van der Waals surface area contributed by atoms with Gasteiger partial charge in [-0.2, -0.15) is 0 Å². The van der Waals surface area contributed by atoms with Crippen molar-refractivity contribution < 1.29 is 20.5 Å². The Hall–Kier alpha value is -1.00. The average Bonchev–Trinajstić information content (AvgIpc) is 2.13. The largest absolute Gasteiger partial charge is 1.00 e. The average molecular weight is 199 g/mol. The van der Waals surface area contributed by atoms with Crippen molar-refractivity contribution in [3.8, 4) is 0 Å². The van der Waals surface area contributed by atoms with Gasteiger partial charge in [0.25, 0.3) is 0 Å². The molecule has 0 aromatic carbocycles. The number of hydrogen-bond donors (Lipinski definition) is 0. The topological polar surface area (TPSA) is 52.6 Å². The highest BCUT2D eigenvalue weighted by atomic mass is 16.7. The summed E-state index contributed by atoms with van der Waals surface area (Å²) in [6.45, 7) is 4.20. The molecule has 0 bridgehead atoms. The molecule has 0 aromatic heterocycles. The summed E-state index contributed by atoms with van der Waals surface area (Å²) in [6, 6.07) is 0. The first-order chi connectivity index (χ1) is 6.64. The quantitative estimate of drug-likeness (QED) is 0.633. The van der Waals surface area contributed by atoms with Gasteiger partial charge < -0.3 is 9.47 Å². The molecule has 0 unspecified atom stereocenters. The van der Waals surface area contributed by atoms with Crippen LogP contribution < -0.4 is 0 Å². The van der Waals surface area contributed by atoms with Crippen molar-refractivity contribution in [3.63, 3.8) is 0 Å². The third kappa shape index (κ3) is 2.08.